The number of nitrogens with two attached hydrogens (primary N) is 1. The van der Waals surface area contributed by atoms with Crippen LogP contribution in [0, 0.1) is 5.92 Å². The molecule has 0 bridgehead atoms. The summed E-state index contributed by atoms with van der Waals surface area (Å²) in [6, 6.07) is -1.68. The Morgan fingerprint density at radius 3 is 2.58 bits per heavy atom. The number of alkyl halides is 3. The van der Waals surface area contributed by atoms with Gasteiger partial charge in [0.05, 0.1) is 6.04 Å². The molecule has 0 radical (unpaired) electrons. The summed E-state index contributed by atoms with van der Waals surface area (Å²) >= 11 is 0. The number of rotatable bonds is 4. The van der Waals surface area contributed by atoms with Gasteiger partial charge < -0.3 is 16.0 Å². The third kappa shape index (κ3) is 4.38. The number of nitrogens with one attached hydrogen (secondary N) is 1. The molecular weight excluding hydrogens is 263 g/mol. The van der Waals surface area contributed by atoms with E-state index in [0.717, 1.165) is 0 Å². The van der Waals surface area contributed by atoms with Gasteiger partial charge in [0, 0.05) is 6.54 Å². The second kappa shape index (κ2) is 5.77. The molecule has 1 aliphatic heterocycles. The fraction of sp³-hybridized carbons (Fsp3) is 0.818. The van der Waals surface area contributed by atoms with Gasteiger partial charge in [-0.25, -0.2) is 0 Å². The summed E-state index contributed by atoms with van der Waals surface area (Å²) in [5.74, 6) is -1.33. The van der Waals surface area contributed by atoms with E-state index >= 15 is 0 Å². The van der Waals surface area contributed by atoms with E-state index in [1.807, 2.05) is 0 Å². The highest BCUT2D eigenvalue weighted by Gasteiger charge is 2.40. The van der Waals surface area contributed by atoms with Crippen LogP contribution in [0.15, 0.2) is 0 Å². The minimum absolute atomic E-state index is 0.0137. The van der Waals surface area contributed by atoms with Gasteiger partial charge >= 0.3 is 6.18 Å². The Kier molecular flexibility index (Phi) is 4.78. The molecule has 19 heavy (non-hydrogen) atoms. The Morgan fingerprint density at radius 2 is 2.11 bits per heavy atom. The van der Waals surface area contributed by atoms with Gasteiger partial charge in [-0.1, -0.05) is 13.8 Å². The van der Waals surface area contributed by atoms with Crippen LogP contribution in [-0.2, 0) is 9.59 Å². The highest BCUT2D eigenvalue weighted by molar-refractivity contribution is 5.91. The van der Waals surface area contributed by atoms with Crippen molar-refractivity contribution in [1.29, 1.82) is 0 Å². The second-order valence-electron chi connectivity index (χ2n) is 4.99. The Hall–Kier alpha value is -1.31. The smallest absolute Gasteiger partial charge is 0.343 e. The van der Waals surface area contributed by atoms with Crippen LogP contribution in [0.2, 0.25) is 0 Å². The number of carbonyl (C=O) groups is 2. The largest absolute Gasteiger partial charge is 0.406 e. The lowest BCUT2D eigenvalue weighted by Gasteiger charge is -2.20. The van der Waals surface area contributed by atoms with E-state index in [1.165, 1.54) is 0 Å². The van der Waals surface area contributed by atoms with Crippen molar-refractivity contribution in [2.75, 3.05) is 13.1 Å². The number of amides is 2. The molecule has 1 rings (SSSR count). The van der Waals surface area contributed by atoms with Crippen LogP contribution in [0.4, 0.5) is 13.2 Å². The molecule has 0 aliphatic carbocycles. The van der Waals surface area contributed by atoms with Gasteiger partial charge in [0.1, 0.15) is 12.6 Å². The number of carbonyl (C=O) groups excluding carboxylic acids is 2. The Morgan fingerprint density at radius 1 is 1.53 bits per heavy atom. The average molecular weight is 281 g/mol. The van der Waals surface area contributed by atoms with Crippen LogP contribution < -0.4 is 11.1 Å². The van der Waals surface area contributed by atoms with Crippen LogP contribution in [0.1, 0.15) is 20.3 Å². The van der Waals surface area contributed by atoms with Gasteiger partial charge in [0.2, 0.25) is 11.8 Å². The lowest BCUT2D eigenvalue weighted by atomic mass is 10.0. The first-order chi connectivity index (χ1) is 8.61. The maximum atomic E-state index is 12.2. The fourth-order valence-electron chi connectivity index (χ4n) is 1.82. The minimum atomic E-state index is -4.43. The first kappa shape index (κ1) is 15.7. The van der Waals surface area contributed by atoms with Crippen molar-refractivity contribution in [3.8, 4) is 0 Å². The predicted molar refractivity (Wildman–Crippen MR) is 62.0 cm³/mol. The molecule has 1 fully saturated rings. The third-order valence-electron chi connectivity index (χ3n) is 3.01. The van der Waals surface area contributed by atoms with E-state index < -0.39 is 36.6 Å². The van der Waals surface area contributed by atoms with Crippen molar-refractivity contribution in [3.63, 3.8) is 0 Å². The summed E-state index contributed by atoms with van der Waals surface area (Å²) in [6.45, 7) is 2.20. The molecule has 0 aromatic carbocycles. The average Bonchev–Trinajstić information content (AvgIpc) is 2.58. The minimum Gasteiger partial charge on any atom is -0.343 e. The van der Waals surface area contributed by atoms with Crippen LogP contribution in [0.3, 0.4) is 0 Å². The molecule has 0 aromatic heterocycles. The molecule has 2 atom stereocenters. The van der Waals surface area contributed by atoms with E-state index in [0.29, 0.717) is 4.90 Å². The SMILES string of the molecule is CC(C)[C@H](N)C(=O)NC1CCN(CC(F)(F)F)C1=O. The van der Waals surface area contributed by atoms with E-state index in [4.69, 9.17) is 5.73 Å². The number of hydrogen-bond acceptors (Lipinski definition) is 3. The van der Waals surface area contributed by atoms with E-state index in [-0.39, 0.29) is 18.9 Å². The van der Waals surface area contributed by atoms with Crippen molar-refractivity contribution in [2.24, 2.45) is 11.7 Å². The van der Waals surface area contributed by atoms with Gasteiger partial charge in [0.15, 0.2) is 0 Å². The van der Waals surface area contributed by atoms with Crippen LogP contribution in [0.25, 0.3) is 0 Å². The van der Waals surface area contributed by atoms with Gasteiger partial charge in [-0.15, -0.1) is 0 Å². The van der Waals surface area contributed by atoms with Gasteiger partial charge in [-0.3, -0.25) is 9.59 Å². The maximum Gasteiger partial charge on any atom is 0.406 e. The zero-order chi connectivity index (χ0) is 14.8. The predicted octanol–water partition coefficient (Wildman–Crippen LogP) is 0.249. The Labute approximate surface area is 109 Å². The van der Waals surface area contributed by atoms with Crippen LogP contribution in [0.5, 0.6) is 0 Å². The summed E-state index contributed by atoms with van der Waals surface area (Å²) in [4.78, 5) is 24.0. The molecule has 1 heterocycles. The molecule has 8 heteroatoms. The van der Waals surface area contributed by atoms with Crippen molar-refractivity contribution < 1.29 is 22.8 Å². The number of hydrogen-bond donors (Lipinski definition) is 2. The molecule has 1 unspecified atom stereocenters. The molecule has 1 saturated heterocycles. The Balaban J connectivity index is 2.55. The molecule has 3 N–H and O–H groups in total. The molecule has 0 spiro atoms. The third-order valence-corrected chi connectivity index (χ3v) is 3.01. The first-order valence-corrected chi connectivity index (χ1v) is 6.03. The normalized spacial score (nSPS) is 21.9. The molecule has 110 valence electrons. The topological polar surface area (TPSA) is 75.4 Å². The lowest BCUT2D eigenvalue weighted by molar-refractivity contribution is -0.158. The molecule has 2 amide bonds. The summed E-state index contributed by atoms with van der Waals surface area (Å²) in [6.07, 6.45) is -4.26. The summed E-state index contributed by atoms with van der Waals surface area (Å²) in [7, 11) is 0. The second-order valence-corrected chi connectivity index (χ2v) is 4.99. The number of likely N-dealkylation sites (tertiary alicyclic amines) is 1. The van der Waals surface area contributed by atoms with Crippen molar-refractivity contribution in [2.45, 2.75) is 38.5 Å². The molecule has 5 nitrogen and oxygen atoms in total. The molecular formula is C11H18F3N3O2. The van der Waals surface area contributed by atoms with E-state index in [9.17, 15) is 22.8 Å². The quantitative estimate of drug-likeness (QED) is 0.775. The summed E-state index contributed by atoms with van der Waals surface area (Å²) in [5.41, 5.74) is 5.60. The number of nitrogens with zero attached hydrogens (tertiary/aromatic N) is 1. The highest BCUT2D eigenvalue weighted by Crippen LogP contribution is 2.21. The molecule has 0 saturated carbocycles. The molecule has 1 aliphatic rings. The van der Waals surface area contributed by atoms with Crippen molar-refractivity contribution in [1.82, 2.24) is 10.2 Å². The lowest BCUT2D eigenvalue weighted by Crippen LogP contribution is -2.50. The van der Waals surface area contributed by atoms with Crippen molar-refractivity contribution >= 4 is 11.8 Å². The van der Waals surface area contributed by atoms with Gasteiger partial charge in [-0.05, 0) is 12.3 Å². The number of halogens is 3. The summed E-state index contributed by atoms with van der Waals surface area (Å²) < 4.78 is 36.6. The standard InChI is InChI=1S/C11H18F3N3O2/c1-6(2)8(15)9(18)16-7-3-4-17(10(7)19)5-11(12,13)14/h6-8H,3-5,15H2,1-2H3,(H,16,18)/t7?,8-/m0/s1. The van der Waals surface area contributed by atoms with Gasteiger partial charge in [-0.2, -0.15) is 13.2 Å². The zero-order valence-electron chi connectivity index (χ0n) is 10.8. The van der Waals surface area contributed by atoms with Crippen LogP contribution in [-0.4, -0.2) is 48.1 Å². The van der Waals surface area contributed by atoms with Crippen molar-refractivity contribution in [3.05, 3.63) is 0 Å². The zero-order valence-corrected chi connectivity index (χ0v) is 10.8. The summed E-state index contributed by atoms with van der Waals surface area (Å²) in [5, 5.41) is 2.40. The van der Waals surface area contributed by atoms with E-state index in [2.05, 4.69) is 5.32 Å². The van der Waals surface area contributed by atoms with Crippen LogP contribution >= 0.6 is 0 Å². The maximum absolute atomic E-state index is 12.2. The van der Waals surface area contributed by atoms with Gasteiger partial charge in [0.25, 0.3) is 0 Å². The fourth-order valence-corrected chi connectivity index (χ4v) is 1.82. The monoisotopic (exact) mass is 281 g/mol. The molecule has 0 aromatic rings. The van der Waals surface area contributed by atoms with E-state index in [1.54, 1.807) is 13.8 Å². The Bertz CT molecular complexity index is 358. The first-order valence-electron chi connectivity index (χ1n) is 6.03. The highest BCUT2D eigenvalue weighted by atomic mass is 19.4.